The highest BCUT2D eigenvalue weighted by Crippen LogP contribution is 2.40. The molecule has 0 aliphatic carbocycles. The highest BCUT2D eigenvalue weighted by atomic mass is 15.0. The van der Waals surface area contributed by atoms with Gasteiger partial charge in [0.15, 0.2) is 0 Å². The molecule has 0 saturated heterocycles. The van der Waals surface area contributed by atoms with Gasteiger partial charge in [-0.15, -0.1) is 0 Å². The van der Waals surface area contributed by atoms with Crippen LogP contribution in [0.5, 0.6) is 0 Å². The SMILES string of the molecule is N#Cc1c(-c2ccc(-n3c4ccccc4c4cccc(C#N)c43)cc2)cccc1-n1c2ccccc2c2cc(-n3c4ccccc4c4ccccc43)ccc21. The van der Waals surface area contributed by atoms with E-state index in [1.165, 1.54) is 21.8 Å². The second-order valence-corrected chi connectivity index (χ2v) is 13.9. The van der Waals surface area contributed by atoms with Gasteiger partial charge >= 0.3 is 0 Å². The zero-order valence-corrected chi connectivity index (χ0v) is 29.5. The fraction of sp³-hybridized carbons (Fsp3) is 0. The number of nitrogens with zero attached hydrogens (tertiary/aromatic N) is 5. The molecule has 0 bridgehead atoms. The first-order chi connectivity index (χ1) is 27.2. The van der Waals surface area contributed by atoms with E-state index in [1.54, 1.807) is 0 Å². The van der Waals surface area contributed by atoms with E-state index in [0.717, 1.165) is 71.8 Å². The smallest absolute Gasteiger partial charge is 0.102 e. The number of benzene rings is 8. The highest BCUT2D eigenvalue weighted by Gasteiger charge is 2.20. The van der Waals surface area contributed by atoms with Gasteiger partial charge in [0.25, 0.3) is 0 Å². The number of para-hydroxylation sites is 5. The standard InChI is InChI=1S/C50H29N5/c51-30-33-11-9-17-41-39-14-3-7-20-46(39)54(50(33)41)34-25-23-32(24-26-34)36-16-10-22-48(43(36)31-52)55-47-21-8-4-15-40(47)42-29-35(27-28-49(42)55)53-44-18-5-1-12-37(44)38-13-2-6-19-45(38)53/h1-29H. The molecule has 0 spiro atoms. The summed E-state index contributed by atoms with van der Waals surface area (Å²) in [5, 5.41) is 27.8. The second-order valence-electron chi connectivity index (χ2n) is 13.9. The Hall–Kier alpha value is -7.86. The average molecular weight is 700 g/mol. The summed E-state index contributed by atoms with van der Waals surface area (Å²) in [6, 6.07) is 65.9. The first kappa shape index (κ1) is 30.7. The minimum Gasteiger partial charge on any atom is -0.309 e. The molecule has 0 radical (unpaired) electrons. The minimum atomic E-state index is 0.605. The third kappa shape index (κ3) is 4.39. The molecule has 3 heterocycles. The third-order valence-electron chi connectivity index (χ3n) is 11.1. The zero-order chi connectivity index (χ0) is 36.6. The number of nitriles is 2. The molecular weight excluding hydrogens is 671 g/mol. The van der Waals surface area contributed by atoms with Crippen LogP contribution in [0.2, 0.25) is 0 Å². The van der Waals surface area contributed by atoms with Crippen LogP contribution >= 0.6 is 0 Å². The topological polar surface area (TPSA) is 62.4 Å². The van der Waals surface area contributed by atoms with Gasteiger partial charge in [0, 0.05) is 49.3 Å². The van der Waals surface area contributed by atoms with E-state index in [1.807, 2.05) is 42.5 Å². The molecule has 5 heteroatoms. The lowest BCUT2D eigenvalue weighted by Crippen LogP contribution is -2.00. The number of fused-ring (bicyclic) bond motifs is 9. The molecule has 0 aliphatic rings. The summed E-state index contributed by atoms with van der Waals surface area (Å²) in [5.74, 6) is 0. The quantitative estimate of drug-likeness (QED) is 0.184. The van der Waals surface area contributed by atoms with Crippen LogP contribution in [0.25, 0.3) is 93.6 Å². The molecule has 254 valence electrons. The number of rotatable bonds is 4. The molecule has 0 aliphatic heterocycles. The summed E-state index contributed by atoms with van der Waals surface area (Å²) in [7, 11) is 0. The number of hydrogen-bond donors (Lipinski definition) is 0. The van der Waals surface area contributed by atoms with E-state index in [9.17, 15) is 10.5 Å². The Morgan fingerprint density at radius 1 is 0.364 bits per heavy atom. The first-order valence-electron chi connectivity index (χ1n) is 18.3. The van der Waals surface area contributed by atoms with Crippen molar-refractivity contribution in [2.75, 3.05) is 0 Å². The van der Waals surface area contributed by atoms with Crippen molar-refractivity contribution in [3.8, 4) is 40.3 Å². The van der Waals surface area contributed by atoms with Gasteiger partial charge in [0.05, 0.1) is 49.9 Å². The Morgan fingerprint density at radius 3 is 1.51 bits per heavy atom. The van der Waals surface area contributed by atoms with Crippen LogP contribution in [0.4, 0.5) is 0 Å². The van der Waals surface area contributed by atoms with Crippen LogP contribution in [-0.2, 0) is 0 Å². The van der Waals surface area contributed by atoms with Gasteiger partial charge < -0.3 is 13.7 Å². The van der Waals surface area contributed by atoms with Crippen molar-refractivity contribution in [2.45, 2.75) is 0 Å². The van der Waals surface area contributed by atoms with Gasteiger partial charge in [-0.25, -0.2) is 0 Å². The summed E-state index contributed by atoms with van der Waals surface area (Å²) in [6.07, 6.45) is 0. The molecule has 8 aromatic carbocycles. The van der Waals surface area contributed by atoms with Gasteiger partial charge in [-0.05, 0) is 72.3 Å². The van der Waals surface area contributed by atoms with Gasteiger partial charge in [0.1, 0.15) is 12.1 Å². The van der Waals surface area contributed by atoms with Crippen LogP contribution in [0.1, 0.15) is 11.1 Å². The van der Waals surface area contributed by atoms with E-state index in [0.29, 0.717) is 11.1 Å². The van der Waals surface area contributed by atoms with E-state index >= 15 is 0 Å². The predicted octanol–water partition coefficient (Wildman–Crippen LogP) is 12.4. The summed E-state index contributed by atoms with van der Waals surface area (Å²) in [6.45, 7) is 0. The van der Waals surface area contributed by atoms with Crippen LogP contribution in [-0.4, -0.2) is 13.7 Å². The summed E-state index contributed by atoms with van der Waals surface area (Å²) in [5.41, 5.74) is 12.3. The number of hydrogen-bond acceptors (Lipinski definition) is 2. The van der Waals surface area contributed by atoms with Crippen LogP contribution in [0.3, 0.4) is 0 Å². The van der Waals surface area contributed by atoms with E-state index < -0.39 is 0 Å². The molecular formula is C50H29N5. The molecule has 0 N–H and O–H groups in total. The van der Waals surface area contributed by atoms with Crippen LogP contribution in [0, 0.1) is 22.7 Å². The zero-order valence-electron chi connectivity index (χ0n) is 29.5. The number of aromatic nitrogens is 3. The van der Waals surface area contributed by atoms with Crippen molar-refractivity contribution in [1.82, 2.24) is 13.7 Å². The van der Waals surface area contributed by atoms with E-state index in [-0.39, 0.29) is 0 Å². The van der Waals surface area contributed by atoms with Crippen LogP contribution < -0.4 is 0 Å². The summed E-state index contributed by atoms with van der Waals surface area (Å²) < 4.78 is 6.75. The average Bonchev–Trinajstić information content (AvgIpc) is 3.89. The van der Waals surface area contributed by atoms with Crippen LogP contribution in [0.15, 0.2) is 176 Å². The Kier molecular flexibility index (Phi) is 6.61. The fourth-order valence-electron chi connectivity index (χ4n) is 8.81. The van der Waals surface area contributed by atoms with Crippen molar-refractivity contribution in [1.29, 1.82) is 10.5 Å². The molecule has 0 saturated carbocycles. The normalized spacial score (nSPS) is 11.6. The first-order valence-corrected chi connectivity index (χ1v) is 18.3. The Morgan fingerprint density at radius 2 is 0.873 bits per heavy atom. The molecule has 3 aromatic heterocycles. The second kappa shape index (κ2) is 11.8. The molecule has 0 unspecified atom stereocenters. The molecule has 55 heavy (non-hydrogen) atoms. The highest BCUT2D eigenvalue weighted by molar-refractivity contribution is 6.13. The van der Waals surface area contributed by atoms with Crippen molar-refractivity contribution >= 4 is 65.4 Å². The van der Waals surface area contributed by atoms with E-state index in [4.69, 9.17) is 0 Å². The maximum absolute atomic E-state index is 10.9. The fourth-order valence-corrected chi connectivity index (χ4v) is 8.81. The molecule has 11 rings (SSSR count). The van der Waals surface area contributed by atoms with E-state index in [2.05, 4.69) is 159 Å². The lowest BCUT2D eigenvalue weighted by molar-refractivity contribution is 1.16. The molecule has 11 aromatic rings. The van der Waals surface area contributed by atoms with Gasteiger partial charge in [-0.3, -0.25) is 0 Å². The van der Waals surface area contributed by atoms with Gasteiger partial charge in [-0.2, -0.15) is 10.5 Å². The molecule has 5 nitrogen and oxygen atoms in total. The molecule has 0 fully saturated rings. The van der Waals surface area contributed by atoms with Crippen molar-refractivity contribution in [3.63, 3.8) is 0 Å². The Balaban J connectivity index is 1.08. The van der Waals surface area contributed by atoms with Crippen molar-refractivity contribution < 1.29 is 0 Å². The largest absolute Gasteiger partial charge is 0.309 e. The molecule has 0 amide bonds. The maximum Gasteiger partial charge on any atom is 0.102 e. The van der Waals surface area contributed by atoms with Gasteiger partial charge in [0.2, 0.25) is 0 Å². The maximum atomic E-state index is 10.9. The Bertz CT molecular complexity index is 3400. The lowest BCUT2D eigenvalue weighted by Gasteiger charge is -2.15. The predicted molar refractivity (Wildman–Crippen MR) is 224 cm³/mol. The lowest BCUT2D eigenvalue weighted by atomic mass is 9.98. The van der Waals surface area contributed by atoms with Crippen molar-refractivity contribution in [2.24, 2.45) is 0 Å². The minimum absolute atomic E-state index is 0.605. The third-order valence-corrected chi connectivity index (χ3v) is 11.1. The van der Waals surface area contributed by atoms with Crippen molar-refractivity contribution in [3.05, 3.63) is 187 Å². The monoisotopic (exact) mass is 699 g/mol. The Labute approximate surface area is 316 Å². The summed E-state index contributed by atoms with van der Waals surface area (Å²) >= 11 is 0. The van der Waals surface area contributed by atoms with Gasteiger partial charge in [-0.1, -0.05) is 109 Å². The summed E-state index contributed by atoms with van der Waals surface area (Å²) in [4.78, 5) is 0. The molecule has 0 atom stereocenters.